The fraction of sp³-hybridized carbons (Fsp3) is 0.125. The fourth-order valence-corrected chi connectivity index (χ4v) is 2.50. The van der Waals surface area contributed by atoms with E-state index >= 15 is 0 Å². The van der Waals surface area contributed by atoms with Crippen molar-refractivity contribution in [2.24, 2.45) is 10.7 Å². The van der Waals surface area contributed by atoms with Crippen molar-refractivity contribution in [2.45, 2.75) is 4.90 Å². The van der Waals surface area contributed by atoms with Gasteiger partial charge in [-0.2, -0.15) is 0 Å². The van der Waals surface area contributed by atoms with E-state index in [4.69, 9.17) is 11.5 Å². The molecule has 2 rings (SSSR count). The zero-order valence-corrected chi connectivity index (χ0v) is 8.82. The number of guanidine groups is 1. The molecule has 1 aromatic carbocycles. The van der Waals surface area contributed by atoms with Gasteiger partial charge in [0.05, 0.1) is 5.69 Å². The second kappa shape index (κ2) is 2.86. The lowest BCUT2D eigenvalue weighted by Crippen LogP contribution is -2.40. The van der Waals surface area contributed by atoms with Crippen LogP contribution in [0.4, 0.5) is 11.4 Å². The van der Waals surface area contributed by atoms with Gasteiger partial charge in [-0.3, -0.25) is 0 Å². The molecule has 0 saturated carbocycles. The van der Waals surface area contributed by atoms with Crippen LogP contribution >= 0.6 is 0 Å². The summed E-state index contributed by atoms with van der Waals surface area (Å²) in [6, 6.07) is 4.42. The molecule has 1 aliphatic heterocycles. The molecule has 6 nitrogen and oxygen atoms in total. The molecule has 1 heterocycles. The van der Waals surface area contributed by atoms with Crippen LogP contribution in [0.3, 0.4) is 0 Å². The summed E-state index contributed by atoms with van der Waals surface area (Å²) < 4.78 is 24.6. The fourth-order valence-electron chi connectivity index (χ4n) is 1.30. The zero-order chi connectivity index (χ0) is 11.2. The van der Waals surface area contributed by atoms with Gasteiger partial charge in [-0.05, 0) is 18.2 Å². The predicted octanol–water partition coefficient (Wildman–Crippen LogP) is -0.151. The van der Waals surface area contributed by atoms with Gasteiger partial charge in [0.15, 0.2) is 0 Å². The molecule has 0 spiro atoms. The Morgan fingerprint density at radius 2 is 2.00 bits per heavy atom. The number of hydrogen-bond donors (Lipinski definition) is 2. The second-order valence-electron chi connectivity index (χ2n) is 3.17. The largest absolute Gasteiger partial charge is 0.399 e. The highest BCUT2D eigenvalue weighted by Crippen LogP contribution is 2.31. The van der Waals surface area contributed by atoms with E-state index in [0.29, 0.717) is 5.69 Å². The van der Waals surface area contributed by atoms with Gasteiger partial charge in [-0.25, -0.2) is 17.7 Å². The first-order chi connectivity index (χ1) is 6.93. The van der Waals surface area contributed by atoms with E-state index in [1.165, 1.54) is 25.2 Å². The number of rotatable bonds is 0. The summed E-state index contributed by atoms with van der Waals surface area (Å²) in [7, 11) is -2.21. The number of anilines is 1. The zero-order valence-electron chi connectivity index (χ0n) is 8.01. The third kappa shape index (κ3) is 1.32. The van der Waals surface area contributed by atoms with Crippen molar-refractivity contribution >= 4 is 27.4 Å². The lowest BCUT2D eigenvalue weighted by atomic mass is 10.3. The number of hydrogen-bond acceptors (Lipinski definition) is 5. The van der Waals surface area contributed by atoms with Crippen LogP contribution in [-0.4, -0.2) is 25.7 Å². The molecule has 0 saturated heterocycles. The van der Waals surface area contributed by atoms with Crippen LogP contribution in [0.25, 0.3) is 0 Å². The van der Waals surface area contributed by atoms with E-state index in [0.717, 1.165) is 4.31 Å². The van der Waals surface area contributed by atoms with Gasteiger partial charge in [0.1, 0.15) is 4.90 Å². The molecule has 0 aliphatic carbocycles. The summed E-state index contributed by atoms with van der Waals surface area (Å²) in [4.78, 5) is 4.06. The topological polar surface area (TPSA) is 102 Å². The Morgan fingerprint density at radius 1 is 1.33 bits per heavy atom. The Bertz CT molecular complexity index is 550. The van der Waals surface area contributed by atoms with E-state index in [2.05, 4.69) is 4.99 Å². The molecule has 0 unspecified atom stereocenters. The van der Waals surface area contributed by atoms with Crippen molar-refractivity contribution < 1.29 is 8.42 Å². The minimum absolute atomic E-state index is 0.0619. The monoisotopic (exact) mass is 226 g/mol. The van der Waals surface area contributed by atoms with E-state index in [1.54, 1.807) is 0 Å². The van der Waals surface area contributed by atoms with E-state index < -0.39 is 10.0 Å². The number of aliphatic imine (C=N–C) groups is 1. The van der Waals surface area contributed by atoms with E-state index in [1.807, 2.05) is 0 Å². The standard InChI is InChI=1S/C8H10N4O2S/c1-12-8(10)11-6-4-5(9)2-3-7(6)15(12,13)14/h2-4H,9H2,1H3,(H2,10,11). The number of nitrogens with two attached hydrogens (primary N) is 2. The molecule has 0 atom stereocenters. The first kappa shape index (κ1) is 9.78. The van der Waals surface area contributed by atoms with Crippen LogP contribution < -0.4 is 11.5 Å². The molecular weight excluding hydrogens is 216 g/mol. The second-order valence-corrected chi connectivity index (χ2v) is 5.11. The summed E-state index contributed by atoms with van der Waals surface area (Å²) in [6.07, 6.45) is 0. The molecule has 0 bridgehead atoms. The van der Waals surface area contributed by atoms with Crippen molar-refractivity contribution in [3.05, 3.63) is 18.2 Å². The maximum atomic E-state index is 11.9. The highest BCUT2D eigenvalue weighted by molar-refractivity contribution is 7.89. The van der Waals surface area contributed by atoms with Gasteiger partial charge in [-0.1, -0.05) is 0 Å². The van der Waals surface area contributed by atoms with E-state index in [-0.39, 0.29) is 16.5 Å². The first-order valence-electron chi connectivity index (χ1n) is 4.15. The molecule has 1 aliphatic rings. The minimum atomic E-state index is -3.56. The molecule has 4 N–H and O–H groups in total. The molecule has 0 aromatic heterocycles. The first-order valence-corrected chi connectivity index (χ1v) is 5.59. The van der Waals surface area contributed by atoms with Crippen molar-refractivity contribution in [1.29, 1.82) is 0 Å². The highest BCUT2D eigenvalue weighted by Gasteiger charge is 2.29. The molecule has 80 valence electrons. The summed E-state index contributed by atoms with van der Waals surface area (Å²) in [5.74, 6) is -0.0619. The van der Waals surface area contributed by atoms with Gasteiger partial charge in [0.2, 0.25) is 5.96 Å². The molecule has 1 aromatic rings. The van der Waals surface area contributed by atoms with Crippen LogP contribution in [0.15, 0.2) is 28.1 Å². The predicted molar refractivity (Wildman–Crippen MR) is 57.1 cm³/mol. The minimum Gasteiger partial charge on any atom is -0.399 e. The summed E-state index contributed by atoms with van der Waals surface area (Å²) in [5.41, 5.74) is 11.7. The lowest BCUT2D eigenvalue weighted by molar-refractivity contribution is 0.548. The lowest BCUT2D eigenvalue weighted by Gasteiger charge is -2.23. The molecule has 15 heavy (non-hydrogen) atoms. The third-order valence-corrected chi connectivity index (χ3v) is 3.99. The van der Waals surface area contributed by atoms with Gasteiger partial charge in [-0.15, -0.1) is 0 Å². The summed E-state index contributed by atoms with van der Waals surface area (Å²) in [6.45, 7) is 0. The Labute approximate surface area is 87.3 Å². The van der Waals surface area contributed by atoms with Gasteiger partial charge in [0, 0.05) is 12.7 Å². The van der Waals surface area contributed by atoms with Crippen molar-refractivity contribution in [3.63, 3.8) is 0 Å². The number of sulfonamides is 1. The molecule has 7 heteroatoms. The Kier molecular flexibility index (Phi) is 1.87. The van der Waals surface area contributed by atoms with Crippen LogP contribution in [0, 0.1) is 0 Å². The van der Waals surface area contributed by atoms with Crippen molar-refractivity contribution in [1.82, 2.24) is 4.31 Å². The Hall–Kier alpha value is -1.76. The Balaban J connectivity index is 2.78. The SMILES string of the molecule is CN1C(N)=Nc2cc(N)ccc2S1(=O)=O. The molecule has 0 fully saturated rings. The molecule has 0 amide bonds. The quantitative estimate of drug-likeness (QED) is 0.600. The average Bonchev–Trinajstić information content (AvgIpc) is 2.14. The molecular formula is C8H10N4O2S. The van der Waals surface area contributed by atoms with Gasteiger partial charge >= 0.3 is 0 Å². The van der Waals surface area contributed by atoms with Crippen molar-refractivity contribution in [3.8, 4) is 0 Å². The normalized spacial score (nSPS) is 18.2. The maximum absolute atomic E-state index is 11.9. The van der Waals surface area contributed by atoms with Crippen LogP contribution in [0.5, 0.6) is 0 Å². The average molecular weight is 226 g/mol. The van der Waals surface area contributed by atoms with Crippen molar-refractivity contribution in [2.75, 3.05) is 12.8 Å². The number of benzene rings is 1. The number of nitrogen functional groups attached to an aromatic ring is 1. The van der Waals surface area contributed by atoms with Gasteiger partial charge < -0.3 is 11.5 Å². The van der Waals surface area contributed by atoms with E-state index in [9.17, 15) is 8.42 Å². The number of fused-ring (bicyclic) bond motifs is 1. The smallest absolute Gasteiger partial charge is 0.268 e. The highest BCUT2D eigenvalue weighted by atomic mass is 32.2. The summed E-state index contributed by atoms with van der Waals surface area (Å²) >= 11 is 0. The Morgan fingerprint density at radius 3 is 2.67 bits per heavy atom. The van der Waals surface area contributed by atoms with Gasteiger partial charge in [0.25, 0.3) is 10.0 Å². The third-order valence-electron chi connectivity index (χ3n) is 2.18. The summed E-state index contributed by atoms with van der Waals surface area (Å²) in [5, 5.41) is 0. The van der Waals surface area contributed by atoms with Crippen LogP contribution in [-0.2, 0) is 10.0 Å². The van der Waals surface area contributed by atoms with Crippen LogP contribution in [0.1, 0.15) is 0 Å². The number of nitrogens with zero attached hydrogens (tertiary/aromatic N) is 2. The maximum Gasteiger partial charge on any atom is 0.268 e. The molecule has 0 radical (unpaired) electrons. The van der Waals surface area contributed by atoms with Crippen LogP contribution in [0.2, 0.25) is 0 Å².